The van der Waals surface area contributed by atoms with Crippen molar-refractivity contribution in [3.05, 3.63) is 54.1 Å². The van der Waals surface area contributed by atoms with Gasteiger partial charge in [0, 0.05) is 44.0 Å². The van der Waals surface area contributed by atoms with E-state index in [-0.39, 0.29) is 12.0 Å². The molecule has 1 aliphatic rings. The Morgan fingerprint density at radius 2 is 1.67 bits per heavy atom. The van der Waals surface area contributed by atoms with E-state index < -0.39 is 0 Å². The summed E-state index contributed by atoms with van der Waals surface area (Å²) in [5.74, 6) is 0.0418. The van der Waals surface area contributed by atoms with Gasteiger partial charge in [-0.15, -0.1) is 0 Å². The first kappa shape index (κ1) is 19.4. The smallest absolute Gasteiger partial charge is 0.254 e. The predicted molar refractivity (Wildman–Crippen MR) is 110 cm³/mol. The molecule has 1 atom stereocenters. The molecular weight excluding hydrogens is 338 g/mol. The van der Waals surface area contributed by atoms with Gasteiger partial charge in [-0.1, -0.05) is 24.3 Å². The van der Waals surface area contributed by atoms with Crippen LogP contribution >= 0.6 is 0 Å². The first-order chi connectivity index (χ1) is 13.2. The number of hydrogen-bond acceptors (Lipinski definition) is 4. The summed E-state index contributed by atoms with van der Waals surface area (Å²) in [5.41, 5.74) is 9.87. The van der Waals surface area contributed by atoms with Gasteiger partial charge >= 0.3 is 0 Å². The molecule has 1 heterocycles. The number of rotatable bonds is 6. The number of benzene rings is 2. The highest BCUT2D eigenvalue weighted by atomic mass is 16.5. The summed E-state index contributed by atoms with van der Waals surface area (Å²) in [5, 5.41) is 0. The summed E-state index contributed by atoms with van der Waals surface area (Å²) in [4.78, 5) is 16.9. The molecule has 0 bridgehead atoms. The summed E-state index contributed by atoms with van der Waals surface area (Å²) >= 11 is 0. The molecule has 5 heteroatoms. The van der Waals surface area contributed by atoms with Crippen molar-refractivity contribution in [2.45, 2.75) is 20.0 Å². The van der Waals surface area contributed by atoms with Crippen molar-refractivity contribution >= 4 is 11.6 Å². The number of anilines is 1. The topological polar surface area (TPSA) is 58.8 Å². The molecule has 0 spiro atoms. The Kier molecular flexibility index (Phi) is 6.48. The zero-order chi connectivity index (χ0) is 19.2. The van der Waals surface area contributed by atoms with Crippen molar-refractivity contribution in [2.24, 2.45) is 5.73 Å². The van der Waals surface area contributed by atoms with Gasteiger partial charge in [-0.25, -0.2) is 0 Å². The van der Waals surface area contributed by atoms with Crippen LogP contribution in [-0.2, 0) is 4.74 Å². The average molecular weight is 367 g/mol. The predicted octanol–water partition coefficient (Wildman–Crippen LogP) is 3.00. The fourth-order valence-electron chi connectivity index (χ4n) is 3.49. The molecule has 0 aromatic heterocycles. The molecule has 144 valence electrons. The number of carbonyl (C=O) groups excluding carboxylic acids is 1. The van der Waals surface area contributed by atoms with E-state index in [4.69, 9.17) is 10.5 Å². The van der Waals surface area contributed by atoms with Crippen LogP contribution in [0.2, 0.25) is 0 Å². The van der Waals surface area contributed by atoms with E-state index in [0.717, 1.165) is 24.2 Å². The molecule has 5 nitrogen and oxygen atoms in total. The first-order valence-corrected chi connectivity index (χ1v) is 9.72. The van der Waals surface area contributed by atoms with Gasteiger partial charge in [-0.3, -0.25) is 4.79 Å². The summed E-state index contributed by atoms with van der Waals surface area (Å²) in [7, 11) is 0. The van der Waals surface area contributed by atoms with E-state index in [2.05, 4.69) is 43.0 Å². The highest BCUT2D eigenvalue weighted by Crippen LogP contribution is 2.24. The number of nitrogens with zero attached hydrogens (tertiary/aromatic N) is 2. The van der Waals surface area contributed by atoms with E-state index in [1.807, 2.05) is 29.2 Å². The van der Waals surface area contributed by atoms with E-state index >= 15 is 0 Å². The van der Waals surface area contributed by atoms with Gasteiger partial charge in [-0.05, 0) is 49.2 Å². The summed E-state index contributed by atoms with van der Waals surface area (Å²) < 4.78 is 5.54. The Labute approximate surface area is 161 Å². The Hall–Kier alpha value is -2.37. The number of ether oxygens (including phenoxy) is 1. The molecule has 1 aliphatic heterocycles. The largest absolute Gasteiger partial charge is 0.373 e. The lowest BCUT2D eigenvalue weighted by molar-refractivity contribution is -0.0167. The molecule has 0 saturated carbocycles. The van der Waals surface area contributed by atoms with E-state index in [9.17, 15) is 4.79 Å². The minimum Gasteiger partial charge on any atom is -0.373 e. The zero-order valence-electron chi connectivity index (χ0n) is 16.2. The second-order valence-electron chi connectivity index (χ2n) is 6.78. The lowest BCUT2D eigenvalue weighted by Crippen LogP contribution is -2.48. The number of nitrogens with two attached hydrogens (primary N) is 1. The van der Waals surface area contributed by atoms with Gasteiger partial charge in [0.2, 0.25) is 0 Å². The fraction of sp³-hybridized carbons (Fsp3) is 0.409. The second kappa shape index (κ2) is 9.02. The highest BCUT2D eigenvalue weighted by Gasteiger charge is 2.24. The lowest BCUT2D eigenvalue weighted by atomic mass is 10.0. The first-order valence-electron chi connectivity index (χ1n) is 9.72. The van der Waals surface area contributed by atoms with Gasteiger partial charge in [-0.2, -0.15) is 0 Å². The third-order valence-corrected chi connectivity index (χ3v) is 5.15. The molecule has 2 aromatic carbocycles. The fourth-order valence-corrected chi connectivity index (χ4v) is 3.49. The standard InChI is InChI=1S/C22H29N3O2/c1-3-24(4-2)20-11-9-18(10-12-20)17-5-7-19(8-6-17)22(26)25-13-14-27-21(15-23)16-25/h5-12,21H,3-4,13-16,23H2,1-2H3/t21-/m1/s1. The molecule has 1 saturated heterocycles. The van der Waals surface area contributed by atoms with Crippen LogP contribution in [0.4, 0.5) is 5.69 Å². The zero-order valence-corrected chi connectivity index (χ0v) is 16.2. The lowest BCUT2D eigenvalue weighted by Gasteiger charge is -2.32. The maximum absolute atomic E-state index is 12.7. The SMILES string of the molecule is CCN(CC)c1ccc(-c2ccc(C(=O)N3CCO[C@H](CN)C3)cc2)cc1. The number of amides is 1. The van der Waals surface area contributed by atoms with Gasteiger partial charge < -0.3 is 20.3 Å². The van der Waals surface area contributed by atoms with Crippen molar-refractivity contribution in [3.63, 3.8) is 0 Å². The van der Waals surface area contributed by atoms with Crippen molar-refractivity contribution in [1.82, 2.24) is 4.90 Å². The minimum absolute atomic E-state index is 0.0418. The van der Waals surface area contributed by atoms with Crippen LogP contribution in [0.15, 0.2) is 48.5 Å². The normalized spacial score (nSPS) is 17.0. The number of hydrogen-bond donors (Lipinski definition) is 1. The monoisotopic (exact) mass is 367 g/mol. The Balaban J connectivity index is 1.70. The number of carbonyl (C=O) groups is 1. The second-order valence-corrected chi connectivity index (χ2v) is 6.78. The van der Waals surface area contributed by atoms with E-state index in [1.54, 1.807) is 0 Å². The highest BCUT2D eigenvalue weighted by molar-refractivity contribution is 5.94. The molecule has 2 aromatic rings. The van der Waals surface area contributed by atoms with Crippen LogP contribution < -0.4 is 10.6 Å². The van der Waals surface area contributed by atoms with E-state index in [0.29, 0.717) is 31.8 Å². The third kappa shape index (κ3) is 4.49. The molecule has 0 aliphatic carbocycles. The third-order valence-electron chi connectivity index (χ3n) is 5.15. The van der Waals surface area contributed by atoms with Crippen molar-refractivity contribution < 1.29 is 9.53 Å². The number of morpholine rings is 1. The van der Waals surface area contributed by atoms with Crippen LogP contribution in [0.3, 0.4) is 0 Å². The van der Waals surface area contributed by atoms with Crippen LogP contribution in [0.5, 0.6) is 0 Å². The Morgan fingerprint density at radius 3 is 2.22 bits per heavy atom. The molecule has 27 heavy (non-hydrogen) atoms. The average Bonchev–Trinajstić information content (AvgIpc) is 2.75. The van der Waals surface area contributed by atoms with Gasteiger partial charge in [0.05, 0.1) is 12.7 Å². The summed E-state index contributed by atoms with van der Waals surface area (Å²) in [6, 6.07) is 16.4. The summed E-state index contributed by atoms with van der Waals surface area (Å²) in [6.07, 6.45) is -0.0636. The molecule has 2 N–H and O–H groups in total. The van der Waals surface area contributed by atoms with Crippen LogP contribution in [0.1, 0.15) is 24.2 Å². The Morgan fingerprint density at radius 1 is 1.07 bits per heavy atom. The van der Waals surface area contributed by atoms with Crippen LogP contribution in [0.25, 0.3) is 11.1 Å². The van der Waals surface area contributed by atoms with Crippen molar-refractivity contribution in [1.29, 1.82) is 0 Å². The molecular formula is C22H29N3O2. The quantitative estimate of drug-likeness (QED) is 0.853. The maximum Gasteiger partial charge on any atom is 0.254 e. The van der Waals surface area contributed by atoms with Crippen molar-refractivity contribution in [2.75, 3.05) is 44.2 Å². The molecule has 1 amide bonds. The van der Waals surface area contributed by atoms with Crippen LogP contribution in [-0.4, -0.2) is 56.2 Å². The van der Waals surface area contributed by atoms with Gasteiger partial charge in [0.15, 0.2) is 0 Å². The van der Waals surface area contributed by atoms with Gasteiger partial charge in [0.1, 0.15) is 0 Å². The van der Waals surface area contributed by atoms with Crippen LogP contribution in [0, 0.1) is 0 Å². The molecule has 3 rings (SSSR count). The van der Waals surface area contributed by atoms with E-state index in [1.165, 1.54) is 5.69 Å². The minimum atomic E-state index is -0.0636. The Bertz CT molecular complexity index is 739. The molecule has 1 fully saturated rings. The van der Waals surface area contributed by atoms with Gasteiger partial charge in [0.25, 0.3) is 5.91 Å². The molecule has 0 radical (unpaired) electrons. The summed E-state index contributed by atoms with van der Waals surface area (Å²) in [6.45, 7) is 8.48. The maximum atomic E-state index is 12.7. The molecule has 0 unspecified atom stereocenters. The van der Waals surface area contributed by atoms with Crippen molar-refractivity contribution in [3.8, 4) is 11.1 Å².